The molecule has 0 aliphatic heterocycles. The lowest BCUT2D eigenvalue weighted by atomic mass is 10.3. The minimum atomic E-state index is -0.702. The molecule has 0 saturated carbocycles. The number of halogens is 2. The molecule has 6 nitrogen and oxygen atoms in total. The van der Waals surface area contributed by atoms with Gasteiger partial charge in [0.15, 0.2) is 12.2 Å². The van der Waals surface area contributed by atoms with Crippen LogP contribution < -0.4 is 5.32 Å². The van der Waals surface area contributed by atoms with Crippen LogP contribution in [0.2, 0.25) is 10.0 Å². The van der Waals surface area contributed by atoms with Crippen molar-refractivity contribution in [3.8, 4) is 0 Å². The Morgan fingerprint density at radius 1 is 1.15 bits per heavy atom. The van der Waals surface area contributed by atoms with E-state index in [1.165, 1.54) is 24.3 Å². The van der Waals surface area contributed by atoms with E-state index in [0.717, 1.165) is 6.08 Å². The summed E-state index contributed by atoms with van der Waals surface area (Å²) in [6.45, 7) is -0.457. The van der Waals surface area contributed by atoms with Gasteiger partial charge in [0, 0.05) is 27.9 Å². The van der Waals surface area contributed by atoms with E-state index in [0.29, 0.717) is 26.8 Å². The van der Waals surface area contributed by atoms with Crippen molar-refractivity contribution < 1.29 is 18.7 Å². The van der Waals surface area contributed by atoms with Gasteiger partial charge in [-0.15, -0.1) is 0 Å². The number of carbonyl (C=O) groups excluding carboxylic acids is 2. The molecule has 132 valence electrons. The second-order valence-corrected chi connectivity index (χ2v) is 6.04. The number of rotatable bonds is 5. The molecule has 0 saturated heterocycles. The van der Waals surface area contributed by atoms with Gasteiger partial charge in [-0.1, -0.05) is 35.3 Å². The van der Waals surface area contributed by atoms with E-state index >= 15 is 0 Å². The minimum absolute atomic E-state index is 0.265. The first-order chi connectivity index (χ1) is 12.5. The molecule has 0 unspecified atom stereocenters. The second-order valence-electron chi connectivity index (χ2n) is 5.17. The summed E-state index contributed by atoms with van der Waals surface area (Å²) >= 11 is 11.7. The summed E-state index contributed by atoms with van der Waals surface area (Å²) in [5.74, 6) is -0.959. The molecule has 1 heterocycles. The summed E-state index contributed by atoms with van der Waals surface area (Å²) in [5, 5.41) is 3.29. The summed E-state index contributed by atoms with van der Waals surface area (Å²) in [6, 6.07) is 11.8. The number of fused-ring (bicyclic) bond motifs is 1. The number of para-hydroxylation sites is 2. The number of hydrogen-bond acceptors (Lipinski definition) is 5. The number of anilines is 1. The van der Waals surface area contributed by atoms with Crippen molar-refractivity contribution in [2.75, 3.05) is 11.9 Å². The summed E-state index contributed by atoms with van der Waals surface area (Å²) in [5.41, 5.74) is 1.70. The zero-order valence-electron chi connectivity index (χ0n) is 13.2. The Bertz CT molecular complexity index is 945. The number of oxazole rings is 1. The predicted molar refractivity (Wildman–Crippen MR) is 99.1 cm³/mol. The van der Waals surface area contributed by atoms with Crippen LogP contribution in [0.5, 0.6) is 0 Å². The summed E-state index contributed by atoms with van der Waals surface area (Å²) in [7, 11) is 0. The molecule has 3 aromatic rings. The minimum Gasteiger partial charge on any atom is -0.452 e. The number of carbonyl (C=O) groups is 2. The number of benzene rings is 2. The fourth-order valence-corrected chi connectivity index (χ4v) is 2.63. The topological polar surface area (TPSA) is 81.4 Å². The zero-order chi connectivity index (χ0) is 18.5. The third-order valence-electron chi connectivity index (χ3n) is 3.16. The summed E-state index contributed by atoms with van der Waals surface area (Å²) < 4.78 is 10.3. The lowest BCUT2D eigenvalue weighted by Gasteiger charge is -2.06. The first kappa shape index (κ1) is 18.0. The number of esters is 1. The molecule has 0 atom stereocenters. The van der Waals surface area contributed by atoms with Gasteiger partial charge >= 0.3 is 5.97 Å². The van der Waals surface area contributed by atoms with Crippen molar-refractivity contribution >= 4 is 57.9 Å². The average Bonchev–Trinajstić information content (AvgIpc) is 3.00. The first-order valence-electron chi connectivity index (χ1n) is 7.46. The monoisotopic (exact) mass is 390 g/mol. The second kappa shape index (κ2) is 8.03. The van der Waals surface area contributed by atoms with E-state index < -0.39 is 18.5 Å². The third-order valence-corrected chi connectivity index (χ3v) is 3.60. The molecule has 0 aliphatic carbocycles. The van der Waals surface area contributed by atoms with E-state index in [2.05, 4.69) is 10.3 Å². The van der Waals surface area contributed by atoms with Gasteiger partial charge < -0.3 is 14.5 Å². The highest BCUT2D eigenvalue weighted by atomic mass is 35.5. The standard InChI is InChI=1S/C18H12Cl2N2O4/c19-11-7-12(20)9-13(8-11)21-16(23)10-25-18(24)6-5-17-22-14-3-1-2-4-15(14)26-17/h1-9H,10H2,(H,21,23)/b6-5+. The van der Waals surface area contributed by atoms with Crippen LogP contribution in [0, 0.1) is 0 Å². The Labute approximate surface area is 158 Å². The normalized spacial score (nSPS) is 11.0. The lowest BCUT2D eigenvalue weighted by Crippen LogP contribution is -2.20. The van der Waals surface area contributed by atoms with Gasteiger partial charge in [-0.05, 0) is 30.3 Å². The van der Waals surface area contributed by atoms with Gasteiger partial charge in [0.05, 0.1) is 0 Å². The van der Waals surface area contributed by atoms with Gasteiger partial charge in [-0.25, -0.2) is 9.78 Å². The third kappa shape index (κ3) is 4.84. The maximum atomic E-state index is 11.8. The number of hydrogen-bond donors (Lipinski definition) is 1. The summed E-state index contributed by atoms with van der Waals surface area (Å²) in [4.78, 5) is 27.7. The van der Waals surface area contributed by atoms with Gasteiger partial charge in [-0.3, -0.25) is 4.79 Å². The van der Waals surface area contributed by atoms with E-state index in [1.807, 2.05) is 12.1 Å². The van der Waals surface area contributed by atoms with Crippen molar-refractivity contribution in [2.45, 2.75) is 0 Å². The van der Waals surface area contributed by atoms with Crippen LogP contribution in [0.25, 0.3) is 17.2 Å². The van der Waals surface area contributed by atoms with Crippen molar-refractivity contribution in [2.24, 2.45) is 0 Å². The predicted octanol–water partition coefficient (Wildman–Crippen LogP) is 4.33. The van der Waals surface area contributed by atoms with Gasteiger partial charge in [0.2, 0.25) is 5.89 Å². The fourth-order valence-electron chi connectivity index (χ4n) is 2.11. The summed E-state index contributed by atoms with van der Waals surface area (Å²) in [6.07, 6.45) is 2.51. The molecule has 0 spiro atoms. The van der Waals surface area contributed by atoms with Gasteiger partial charge in [-0.2, -0.15) is 0 Å². The van der Waals surface area contributed by atoms with Crippen LogP contribution >= 0.6 is 23.2 Å². The fraction of sp³-hybridized carbons (Fsp3) is 0.0556. The molecule has 0 aliphatic rings. The number of ether oxygens (including phenoxy) is 1. The van der Waals surface area contributed by atoms with Crippen LogP contribution in [0.3, 0.4) is 0 Å². The quantitative estimate of drug-likeness (QED) is 0.517. The molecule has 1 N–H and O–H groups in total. The Kier molecular flexibility index (Phi) is 5.55. The number of nitrogens with one attached hydrogen (secondary N) is 1. The van der Waals surface area contributed by atoms with Crippen molar-refractivity contribution in [3.63, 3.8) is 0 Å². The van der Waals surface area contributed by atoms with Crippen LogP contribution in [-0.4, -0.2) is 23.5 Å². The molecule has 1 aromatic heterocycles. The Hall–Kier alpha value is -2.83. The first-order valence-corrected chi connectivity index (χ1v) is 8.21. The maximum Gasteiger partial charge on any atom is 0.331 e. The molecule has 0 bridgehead atoms. The molecular weight excluding hydrogens is 379 g/mol. The highest BCUT2D eigenvalue weighted by molar-refractivity contribution is 6.35. The van der Waals surface area contributed by atoms with Crippen molar-refractivity contribution in [1.29, 1.82) is 0 Å². The van der Waals surface area contributed by atoms with Crippen LogP contribution in [-0.2, 0) is 14.3 Å². The smallest absolute Gasteiger partial charge is 0.331 e. The zero-order valence-corrected chi connectivity index (χ0v) is 14.8. The highest BCUT2D eigenvalue weighted by Gasteiger charge is 2.08. The molecule has 0 radical (unpaired) electrons. The van der Waals surface area contributed by atoms with E-state index in [1.54, 1.807) is 12.1 Å². The molecule has 2 aromatic carbocycles. The number of amides is 1. The molecular formula is C18H12Cl2N2O4. The Morgan fingerprint density at radius 3 is 2.62 bits per heavy atom. The molecule has 0 fully saturated rings. The van der Waals surface area contributed by atoms with Crippen molar-refractivity contribution in [3.05, 3.63) is 64.5 Å². The molecule has 3 rings (SSSR count). The van der Waals surface area contributed by atoms with E-state index in [4.69, 9.17) is 32.4 Å². The largest absolute Gasteiger partial charge is 0.452 e. The molecule has 1 amide bonds. The maximum absolute atomic E-state index is 11.8. The number of nitrogens with zero attached hydrogens (tertiary/aromatic N) is 1. The molecule has 26 heavy (non-hydrogen) atoms. The lowest BCUT2D eigenvalue weighted by molar-refractivity contribution is -0.142. The molecule has 8 heteroatoms. The van der Waals surface area contributed by atoms with E-state index in [-0.39, 0.29) is 5.89 Å². The van der Waals surface area contributed by atoms with E-state index in [9.17, 15) is 9.59 Å². The average molecular weight is 391 g/mol. The van der Waals surface area contributed by atoms with Crippen molar-refractivity contribution in [1.82, 2.24) is 4.98 Å². The Balaban J connectivity index is 1.52. The SMILES string of the molecule is O=C(COC(=O)/C=C/c1nc2ccccc2o1)Nc1cc(Cl)cc(Cl)c1. The highest BCUT2D eigenvalue weighted by Crippen LogP contribution is 2.22. The van der Waals surface area contributed by atoms with Crippen LogP contribution in [0.15, 0.2) is 53.0 Å². The van der Waals surface area contributed by atoms with Gasteiger partial charge in [0.25, 0.3) is 5.91 Å². The Morgan fingerprint density at radius 2 is 1.88 bits per heavy atom. The number of aromatic nitrogens is 1. The van der Waals surface area contributed by atoms with Crippen LogP contribution in [0.1, 0.15) is 5.89 Å². The van der Waals surface area contributed by atoms with Crippen LogP contribution in [0.4, 0.5) is 5.69 Å². The van der Waals surface area contributed by atoms with Gasteiger partial charge in [0.1, 0.15) is 5.52 Å².